The maximum atomic E-state index is 14.2. The monoisotopic (exact) mass is 467 g/mol. The summed E-state index contributed by atoms with van der Waals surface area (Å²) < 4.78 is 28.4. The van der Waals surface area contributed by atoms with Gasteiger partial charge in [0.25, 0.3) is 5.91 Å². The minimum absolute atomic E-state index is 0.103. The van der Waals surface area contributed by atoms with Gasteiger partial charge >= 0.3 is 0 Å². The molecule has 0 saturated heterocycles. The SMILES string of the molecule is CC[C@@H](C)NC=O.CCc1ccc(Nc2nc(-c3c(F)cccc3F)nc3c2C(=O)NC3)cc1. The molecular weight excluding hydrogens is 440 g/mol. The number of nitrogens with one attached hydrogen (secondary N) is 3. The highest BCUT2D eigenvalue weighted by Crippen LogP contribution is 2.30. The number of rotatable bonds is 7. The first kappa shape index (κ1) is 24.8. The normalized spacial score (nSPS) is 12.7. The van der Waals surface area contributed by atoms with Gasteiger partial charge in [-0.3, -0.25) is 9.59 Å². The lowest BCUT2D eigenvalue weighted by molar-refractivity contribution is -0.110. The van der Waals surface area contributed by atoms with Crippen LogP contribution < -0.4 is 16.0 Å². The smallest absolute Gasteiger partial charge is 0.257 e. The average molecular weight is 468 g/mol. The van der Waals surface area contributed by atoms with E-state index in [0.29, 0.717) is 17.4 Å². The molecule has 178 valence electrons. The minimum atomic E-state index is -0.759. The third-order valence-corrected chi connectivity index (χ3v) is 5.40. The van der Waals surface area contributed by atoms with E-state index in [2.05, 4.69) is 32.8 Å². The maximum Gasteiger partial charge on any atom is 0.257 e. The van der Waals surface area contributed by atoms with E-state index < -0.39 is 11.6 Å². The molecule has 2 aromatic carbocycles. The molecule has 0 fully saturated rings. The molecule has 1 aliphatic heterocycles. The number of nitrogens with zero attached hydrogens (tertiary/aromatic N) is 2. The van der Waals surface area contributed by atoms with Crippen molar-refractivity contribution in [1.82, 2.24) is 20.6 Å². The highest BCUT2D eigenvalue weighted by molar-refractivity contribution is 6.03. The number of anilines is 2. The predicted octanol–water partition coefficient (Wildman–Crippen LogP) is 4.50. The average Bonchev–Trinajstić information content (AvgIpc) is 3.21. The number of hydrogen-bond donors (Lipinski definition) is 3. The first-order chi connectivity index (χ1) is 16.4. The molecule has 1 aromatic heterocycles. The van der Waals surface area contributed by atoms with Crippen LogP contribution in [0, 0.1) is 11.6 Å². The molecule has 4 rings (SSSR count). The van der Waals surface area contributed by atoms with Crippen molar-refractivity contribution >= 4 is 23.8 Å². The largest absolute Gasteiger partial charge is 0.356 e. The Labute approximate surface area is 197 Å². The molecule has 0 unspecified atom stereocenters. The number of amides is 2. The Morgan fingerprint density at radius 1 is 1.06 bits per heavy atom. The van der Waals surface area contributed by atoms with Crippen LogP contribution in [0.4, 0.5) is 20.3 Å². The molecule has 0 bridgehead atoms. The predicted molar refractivity (Wildman–Crippen MR) is 127 cm³/mol. The second-order valence-electron chi connectivity index (χ2n) is 7.77. The number of hydrogen-bond acceptors (Lipinski definition) is 5. The zero-order valence-corrected chi connectivity index (χ0v) is 19.3. The van der Waals surface area contributed by atoms with Gasteiger partial charge in [-0.2, -0.15) is 0 Å². The summed E-state index contributed by atoms with van der Waals surface area (Å²) in [6.45, 7) is 6.23. The summed E-state index contributed by atoms with van der Waals surface area (Å²) in [4.78, 5) is 30.3. The van der Waals surface area contributed by atoms with Crippen molar-refractivity contribution in [2.75, 3.05) is 5.32 Å². The molecule has 3 N–H and O–H groups in total. The third-order valence-electron chi connectivity index (χ3n) is 5.40. The van der Waals surface area contributed by atoms with E-state index in [9.17, 15) is 18.4 Å². The Hall–Kier alpha value is -3.88. The molecule has 0 spiro atoms. The van der Waals surface area contributed by atoms with Crippen LogP contribution >= 0.6 is 0 Å². The van der Waals surface area contributed by atoms with E-state index in [4.69, 9.17) is 0 Å². The van der Waals surface area contributed by atoms with Gasteiger partial charge in [-0.15, -0.1) is 0 Å². The lowest BCUT2D eigenvalue weighted by Crippen LogP contribution is -2.22. The van der Waals surface area contributed by atoms with Gasteiger partial charge in [0.1, 0.15) is 23.0 Å². The van der Waals surface area contributed by atoms with Crippen molar-refractivity contribution in [1.29, 1.82) is 0 Å². The van der Waals surface area contributed by atoms with Gasteiger partial charge in [0.2, 0.25) is 6.41 Å². The fourth-order valence-corrected chi connectivity index (χ4v) is 3.23. The van der Waals surface area contributed by atoms with Gasteiger partial charge in [-0.05, 0) is 49.6 Å². The summed E-state index contributed by atoms with van der Waals surface area (Å²) in [5, 5.41) is 8.36. The quantitative estimate of drug-likeness (QED) is 0.445. The van der Waals surface area contributed by atoms with Crippen LogP contribution in [-0.2, 0) is 17.8 Å². The van der Waals surface area contributed by atoms with E-state index in [1.165, 1.54) is 11.6 Å². The molecule has 0 radical (unpaired) electrons. The van der Waals surface area contributed by atoms with Crippen LogP contribution in [0.3, 0.4) is 0 Å². The summed E-state index contributed by atoms with van der Waals surface area (Å²) >= 11 is 0. The van der Waals surface area contributed by atoms with Gasteiger partial charge in [0, 0.05) is 11.7 Å². The van der Waals surface area contributed by atoms with Crippen molar-refractivity contribution in [3.8, 4) is 11.4 Å². The number of carbonyl (C=O) groups excluding carboxylic acids is 2. The van der Waals surface area contributed by atoms with E-state index >= 15 is 0 Å². The lowest BCUT2D eigenvalue weighted by atomic mass is 10.1. The van der Waals surface area contributed by atoms with Crippen LogP contribution in [-0.4, -0.2) is 28.3 Å². The molecule has 0 aliphatic carbocycles. The van der Waals surface area contributed by atoms with E-state index in [-0.39, 0.29) is 35.2 Å². The number of benzene rings is 2. The van der Waals surface area contributed by atoms with Crippen molar-refractivity contribution in [3.05, 3.63) is 70.9 Å². The number of halogens is 2. The number of aromatic nitrogens is 2. The van der Waals surface area contributed by atoms with E-state index in [1.54, 1.807) is 0 Å². The van der Waals surface area contributed by atoms with E-state index in [0.717, 1.165) is 31.4 Å². The number of aryl methyl sites for hydroxylation is 1. The Balaban J connectivity index is 0.000000406. The summed E-state index contributed by atoms with van der Waals surface area (Å²) in [6.07, 6.45) is 2.63. The third kappa shape index (κ3) is 5.72. The standard InChI is InChI=1S/C20H16F2N4O.C5H11NO/c1-2-11-6-8-12(9-7-11)24-19-17-15(10-23-20(17)27)25-18(26-19)16-13(21)4-3-5-14(16)22;1-3-5(2)6-4-7/h3-9H,2,10H2,1H3,(H,23,27)(H,24,25,26);4-5H,3H2,1-2H3,(H,6,7)/t;5-/m.1/s1. The Morgan fingerprint density at radius 2 is 1.74 bits per heavy atom. The van der Waals surface area contributed by atoms with Crippen molar-refractivity contribution < 1.29 is 18.4 Å². The van der Waals surface area contributed by atoms with Gasteiger partial charge in [0.05, 0.1) is 17.8 Å². The second kappa shape index (κ2) is 11.3. The van der Waals surface area contributed by atoms with Gasteiger partial charge < -0.3 is 16.0 Å². The highest BCUT2D eigenvalue weighted by atomic mass is 19.1. The van der Waals surface area contributed by atoms with Gasteiger partial charge in [-0.25, -0.2) is 18.7 Å². The number of carbonyl (C=O) groups is 2. The first-order valence-electron chi connectivity index (χ1n) is 11.1. The fraction of sp³-hybridized carbons (Fsp3) is 0.280. The summed E-state index contributed by atoms with van der Waals surface area (Å²) in [7, 11) is 0. The van der Waals surface area contributed by atoms with Crippen LogP contribution in [0.2, 0.25) is 0 Å². The Morgan fingerprint density at radius 3 is 2.29 bits per heavy atom. The summed E-state index contributed by atoms with van der Waals surface area (Å²) in [6, 6.07) is 11.6. The van der Waals surface area contributed by atoms with E-state index in [1.807, 2.05) is 38.1 Å². The molecule has 9 heteroatoms. The van der Waals surface area contributed by atoms with Gasteiger partial charge in [0.15, 0.2) is 5.82 Å². The van der Waals surface area contributed by atoms with Crippen LogP contribution in [0.1, 0.15) is 48.8 Å². The summed E-state index contributed by atoms with van der Waals surface area (Å²) in [5.41, 5.74) is 2.26. The molecule has 34 heavy (non-hydrogen) atoms. The molecule has 1 aliphatic rings. The lowest BCUT2D eigenvalue weighted by Gasteiger charge is -2.12. The molecule has 2 heterocycles. The van der Waals surface area contributed by atoms with Crippen LogP contribution in [0.25, 0.3) is 11.4 Å². The topological polar surface area (TPSA) is 96.0 Å². The second-order valence-corrected chi connectivity index (χ2v) is 7.77. The van der Waals surface area contributed by atoms with Crippen molar-refractivity contribution in [2.45, 2.75) is 46.2 Å². The van der Waals surface area contributed by atoms with Crippen LogP contribution in [0.15, 0.2) is 42.5 Å². The highest BCUT2D eigenvalue weighted by Gasteiger charge is 2.28. The fourth-order valence-electron chi connectivity index (χ4n) is 3.23. The molecule has 3 aromatic rings. The first-order valence-corrected chi connectivity index (χ1v) is 11.1. The Bertz CT molecular complexity index is 1150. The Kier molecular flexibility index (Phi) is 8.24. The molecular formula is C25H27F2N5O2. The van der Waals surface area contributed by atoms with Crippen molar-refractivity contribution in [2.24, 2.45) is 0 Å². The molecule has 7 nitrogen and oxygen atoms in total. The van der Waals surface area contributed by atoms with Crippen molar-refractivity contribution in [3.63, 3.8) is 0 Å². The molecule has 0 saturated carbocycles. The summed E-state index contributed by atoms with van der Waals surface area (Å²) in [5.74, 6) is -1.72. The number of fused-ring (bicyclic) bond motifs is 1. The maximum absolute atomic E-state index is 14.2. The zero-order chi connectivity index (χ0) is 24.7. The minimum Gasteiger partial charge on any atom is -0.356 e. The van der Waals surface area contributed by atoms with Crippen LogP contribution in [0.5, 0.6) is 0 Å². The molecule has 1 atom stereocenters. The molecule has 2 amide bonds. The zero-order valence-electron chi connectivity index (χ0n) is 19.3. The van der Waals surface area contributed by atoms with Gasteiger partial charge in [-0.1, -0.05) is 32.0 Å².